The van der Waals surface area contributed by atoms with Gasteiger partial charge < -0.3 is 4.98 Å². The number of nitrogens with zero attached hydrogens (tertiary/aromatic N) is 1. The van der Waals surface area contributed by atoms with Crippen LogP contribution >= 0.6 is 11.3 Å². The molecule has 0 aromatic carbocycles. The maximum atomic E-state index is 11.3. The van der Waals surface area contributed by atoms with Gasteiger partial charge in [0.2, 0.25) is 0 Å². The van der Waals surface area contributed by atoms with E-state index in [4.69, 9.17) is 0 Å². The van der Waals surface area contributed by atoms with Crippen molar-refractivity contribution in [1.29, 1.82) is 0 Å². The number of thiophene rings is 1. The predicted octanol–water partition coefficient (Wildman–Crippen LogP) is 1.18. The Morgan fingerprint density at radius 2 is 2.25 bits per heavy atom. The normalized spacial score (nSPS) is 11.1. The largest absolute Gasteiger partial charge is 0.325 e. The summed E-state index contributed by atoms with van der Waals surface area (Å²) in [5.41, 5.74) is 0.271. The second-order valence-electron chi connectivity index (χ2n) is 3.18. The van der Waals surface area contributed by atoms with Crippen LogP contribution in [0.25, 0.3) is 0 Å². The smallest absolute Gasteiger partial charge is 0.312 e. The summed E-state index contributed by atoms with van der Waals surface area (Å²) in [5.74, 6) is 0. The Morgan fingerprint density at radius 1 is 1.44 bits per heavy atom. The van der Waals surface area contributed by atoms with Crippen LogP contribution in [0.3, 0.4) is 0 Å². The Labute approximate surface area is 94.5 Å². The molecule has 0 aliphatic carbocycles. The lowest BCUT2D eigenvalue weighted by Crippen LogP contribution is -2.20. The summed E-state index contributed by atoms with van der Waals surface area (Å²) >= 11 is 1.54. The van der Waals surface area contributed by atoms with Crippen molar-refractivity contribution in [3.8, 4) is 0 Å². The minimum atomic E-state index is -0.531. The second kappa shape index (κ2) is 4.28. The van der Waals surface area contributed by atoms with E-state index < -0.39 is 11.2 Å². The Balaban J connectivity index is 2.35. The quantitative estimate of drug-likeness (QED) is 0.767. The van der Waals surface area contributed by atoms with E-state index in [9.17, 15) is 9.59 Å². The highest BCUT2D eigenvalue weighted by molar-refractivity contribution is 7.11. The van der Waals surface area contributed by atoms with Crippen molar-refractivity contribution >= 4 is 23.2 Å². The third kappa shape index (κ3) is 2.17. The molecule has 0 fully saturated rings. The molecule has 82 valence electrons. The summed E-state index contributed by atoms with van der Waals surface area (Å²) in [6.07, 6.45) is 2.91. The third-order valence-electron chi connectivity index (χ3n) is 2.02. The van der Waals surface area contributed by atoms with Crippen LogP contribution in [0.15, 0.2) is 32.2 Å². The molecule has 0 saturated heterocycles. The Hall–Kier alpha value is -1.95. The van der Waals surface area contributed by atoms with E-state index in [1.165, 1.54) is 6.20 Å². The van der Waals surface area contributed by atoms with Gasteiger partial charge in [-0.3, -0.25) is 9.78 Å². The van der Waals surface area contributed by atoms with Gasteiger partial charge in [0, 0.05) is 17.3 Å². The minimum Gasteiger partial charge on any atom is -0.312 e. The fraction of sp³-hybridized carbons (Fsp3) is 0.100. The van der Waals surface area contributed by atoms with Crippen molar-refractivity contribution in [2.75, 3.05) is 0 Å². The minimum absolute atomic E-state index is 0.187. The Kier molecular flexibility index (Phi) is 2.82. The molecular weight excluding hydrogens is 226 g/mol. The van der Waals surface area contributed by atoms with E-state index in [0.29, 0.717) is 0 Å². The van der Waals surface area contributed by atoms with Gasteiger partial charge in [-0.1, -0.05) is 0 Å². The summed E-state index contributed by atoms with van der Waals surface area (Å²) in [7, 11) is 0. The zero-order valence-corrected chi connectivity index (χ0v) is 9.30. The zero-order chi connectivity index (χ0) is 11.5. The molecule has 2 rings (SSSR count). The molecule has 0 amide bonds. The molecule has 2 aromatic rings. The van der Waals surface area contributed by atoms with Crippen LogP contribution in [0.1, 0.15) is 10.4 Å². The maximum absolute atomic E-state index is 11.3. The Morgan fingerprint density at radius 3 is 2.88 bits per heavy atom. The first kappa shape index (κ1) is 10.6. The molecule has 0 atom stereocenters. The number of aliphatic imine (C=N–C) groups is 1. The predicted molar refractivity (Wildman–Crippen MR) is 64.0 cm³/mol. The molecule has 0 aliphatic rings. The van der Waals surface area contributed by atoms with Crippen LogP contribution in [-0.2, 0) is 0 Å². The topological polar surface area (TPSA) is 78.1 Å². The summed E-state index contributed by atoms with van der Waals surface area (Å²) in [6, 6.07) is 1.98. The van der Waals surface area contributed by atoms with Gasteiger partial charge in [0.15, 0.2) is 0 Å². The number of hydrogen-bond donors (Lipinski definition) is 2. The summed E-state index contributed by atoms with van der Waals surface area (Å²) < 4.78 is 0. The van der Waals surface area contributed by atoms with Gasteiger partial charge in [-0.05, 0) is 23.9 Å². The number of rotatable bonds is 2. The monoisotopic (exact) mass is 235 g/mol. The van der Waals surface area contributed by atoms with Crippen molar-refractivity contribution < 1.29 is 0 Å². The lowest BCUT2D eigenvalue weighted by Gasteiger charge is -1.91. The summed E-state index contributed by atoms with van der Waals surface area (Å²) in [4.78, 5) is 31.6. The summed E-state index contributed by atoms with van der Waals surface area (Å²) in [5, 5.41) is 1.95. The van der Waals surface area contributed by atoms with Crippen molar-refractivity contribution in [1.82, 2.24) is 9.97 Å². The highest BCUT2D eigenvalue weighted by atomic mass is 32.1. The standard InChI is InChI=1S/C10H9N3O2S/c1-6-2-3-16-8(6)5-11-7-4-12-10(15)13-9(7)14/h2-5H,1H3,(H2,12,13,14,15). The number of aromatic nitrogens is 2. The first-order valence-corrected chi connectivity index (χ1v) is 5.45. The number of H-pyrrole nitrogens is 2. The van der Waals surface area contributed by atoms with Gasteiger partial charge in [-0.2, -0.15) is 0 Å². The summed E-state index contributed by atoms with van der Waals surface area (Å²) in [6.45, 7) is 1.97. The van der Waals surface area contributed by atoms with Crippen molar-refractivity contribution in [3.63, 3.8) is 0 Å². The fourth-order valence-electron chi connectivity index (χ4n) is 1.14. The average molecular weight is 235 g/mol. The van der Waals surface area contributed by atoms with Crippen LogP contribution in [0.2, 0.25) is 0 Å². The van der Waals surface area contributed by atoms with Crippen molar-refractivity contribution in [3.05, 3.63) is 48.9 Å². The maximum Gasteiger partial charge on any atom is 0.325 e. The molecule has 2 N–H and O–H groups in total. The molecule has 0 unspecified atom stereocenters. The average Bonchev–Trinajstić information content (AvgIpc) is 2.63. The molecule has 16 heavy (non-hydrogen) atoms. The first-order valence-electron chi connectivity index (χ1n) is 4.57. The van der Waals surface area contributed by atoms with Gasteiger partial charge in [0.1, 0.15) is 5.69 Å². The molecule has 0 bridgehead atoms. The molecule has 0 saturated carbocycles. The highest BCUT2D eigenvalue weighted by Gasteiger charge is 1.98. The molecule has 2 heterocycles. The number of aryl methyl sites for hydroxylation is 1. The molecule has 2 aromatic heterocycles. The lowest BCUT2D eigenvalue weighted by molar-refractivity contribution is 1.03. The molecule has 6 heteroatoms. The molecular formula is C10H9N3O2S. The van der Waals surface area contributed by atoms with Gasteiger partial charge in [0.05, 0.1) is 0 Å². The van der Waals surface area contributed by atoms with E-state index in [0.717, 1.165) is 10.4 Å². The number of aromatic amines is 2. The van der Waals surface area contributed by atoms with Crippen LogP contribution in [0.4, 0.5) is 5.69 Å². The van der Waals surface area contributed by atoms with Crippen LogP contribution in [0, 0.1) is 6.92 Å². The van der Waals surface area contributed by atoms with E-state index >= 15 is 0 Å². The van der Waals surface area contributed by atoms with Crippen LogP contribution in [0.5, 0.6) is 0 Å². The van der Waals surface area contributed by atoms with Gasteiger partial charge in [0.25, 0.3) is 5.56 Å². The first-order chi connectivity index (χ1) is 7.66. The van der Waals surface area contributed by atoms with Crippen molar-refractivity contribution in [2.45, 2.75) is 6.92 Å². The lowest BCUT2D eigenvalue weighted by atomic mass is 10.3. The third-order valence-corrected chi connectivity index (χ3v) is 2.98. The van der Waals surface area contributed by atoms with E-state index in [2.05, 4.69) is 15.0 Å². The van der Waals surface area contributed by atoms with Gasteiger partial charge >= 0.3 is 5.69 Å². The molecule has 0 spiro atoms. The van der Waals surface area contributed by atoms with Gasteiger partial charge in [-0.25, -0.2) is 9.79 Å². The van der Waals surface area contributed by atoms with E-state index in [1.807, 2.05) is 18.4 Å². The number of nitrogens with one attached hydrogen (secondary N) is 2. The highest BCUT2D eigenvalue weighted by Crippen LogP contribution is 2.13. The Bertz CT molecular complexity index is 636. The second-order valence-corrected chi connectivity index (χ2v) is 4.13. The van der Waals surface area contributed by atoms with E-state index in [-0.39, 0.29) is 5.69 Å². The SMILES string of the molecule is Cc1ccsc1C=Nc1c[nH]c(=O)[nH]c1=O. The zero-order valence-electron chi connectivity index (χ0n) is 8.48. The molecule has 5 nitrogen and oxygen atoms in total. The van der Waals surface area contributed by atoms with E-state index in [1.54, 1.807) is 17.6 Å². The molecule has 0 radical (unpaired) electrons. The van der Waals surface area contributed by atoms with Crippen molar-refractivity contribution in [2.24, 2.45) is 4.99 Å². The molecule has 0 aliphatic heterocycles. The van der Waals surface area contributed by atoms with Gasteiger partial charge in [-0.15, -0.1) is 11.3 Å². The van der Waals surface area contributed by atoms with Crippen LogP contribution < -0.4 is 11.2 Å². The fourth-order valence-corrected chi connectivity index (χ4v) is 1.93. The number of hydrogen-bond acceptors (Lipinski definition) is 4. The van der Waals surface area contributed by atoms with Crippen LogP contribution in [-0.4, -0.2) is 16.2 Å².